The number of aryl methyl sites for hydroxylation is 2. The number of carbonyl (C=O) groups excluding carboxylic acids is 2. The van der Waals surface area contributed by atoms with Gasteiger partial charge < -0.3 is 19.6 Å². The van der Waals surface area contributed by atoms with E-state index in [9.17, 15) is 9.59 Å². The molecule has 2 aromatic heterocycles. The van der Waals surface area contributed by atoms with Gasteiger partial charge >= 0.3 is 5.97 Å². The van der Waals surface area contributed by atoms with E-state index >= 15 is 0 Å². The number of fused-ring (bicyclic) bond motifs is 1. The van der Waals surface area contributed by atoms with E-state index in [1.807, 2.05) is 0 Å². The first-order valence-corrected chi connectivity index (χ1v) is 11.2. The summed E-state index contributed by atoms with van der Waals surface area (Å²) in [7, 11) is 0. The molecule has 0 bridgehead atoms. The van der Waals surface area contributed by atoms with Gasteiger partial charge in [-0.25, -0.2) is 4.79 Å². The lowest BCUT2D eigenvalue weighted by Gasteiger charge is -2.11. The number of aromatic nitrogens is 4. The second-order valence-electron chi connectivity index (χ2n) is 7.90. The summed E-state index contributed by atoms with van der Waals surface area (Å²) in [5.74, 6) is 0.875. The Kier molecular flexibility index (Phi) is 6.32. The van der Waals surface area contributed by atoms with Gasteiger partial charge in [0, 0.05) is 29.9 Å². The molecule has 2 N–H and O–H groups in total. The molecule has 0 saturated carbocycles. The van der Waals surface area contributed by atoms with Gasteiger partial charge in [0.1, 0.15) is 11.5 Å². The number of amides is 1. The van der Waals surface area contributed by atoms with Crippen molar-refractivity contribution in [2.24, 2.45) is 0 Å². The Labute approximate surface area is 191 Å². The lowest BCUT2D eigenvalue weighted by Crippen LogP contribution is -2.14. The summed E-state index contributed by atoms with van der Waals surface area (Å²) in [5, 5.41) is 12.2. The van der Waals surface area contributed by atoms with Gasteiger partial charge in [0.15, 0.2) is 5.82 Å². The van der Waals surface area contributed by atoms with Crippen molar-refractivity contribution in [2.75, 3.05) is 11.9 Å². The zero-order valence-electron chi connectivity index (χ0n) is 18.4. The fourth-order valence-electron chi connectivity index (χ4n) is 4.14. The molecule has 168 valence electrons. The quantitative estimate of drug-likeness (QED) is 0.543. The number of anilines is 1. The Morgan fingerprint density at radius 3 is 2.81 bits per heavy atom. The smallest absolute Gasteiger partial charge is 0.340 e. The van der Waals surface area contributed by atoms with E-state index in [1.165, 1.54) is 0 Å². The van der Waals surface area contributed by atoms with E-state index in [2.05, 4.69) is 25.1 Å². The zero-order valence-corrected chi connectivity index (χ0v) is 19.2. The summed E-state index contributed by atoms with van der Waals surface area (Å²) in [6.07, 6.45) is 4.23. The van der Waals surface area contributed by atoms with Crippen LogP contribution in [0.4, 0.5) is 5.69 Å². The normalized spacial score (nSPS) is 13.4. The number of aromatic amines is 1. The highest BCUT2D eigenvalue weighted by Gasteiger charge is 2.24. The first-order valence-electron chi connectivity index (χ1n) is 10.8. The van der Waals surface area contributed by atoms with Gasteiger partial charge in [-0.2, -0.15) is 0 Å². The molecule has 3 aromatic rings. The van der Waals surface area contributed by atoms with Crippen molar-refractivity contribution in [3.8, 4) is 11.4 Å². The summed E-state index contributed by atoms with van der Waals surface area (Å²) in [6.45, 7) is 6.33. The van der Waals surface area contributed by atoms with Crippen LogP contribution in [-0.2, 0) is 17.7 Å². The van der Waals surface area contributed by atoms with Crippen molar-refractivity contribution < 1.29 is 14.3 Å². The third-order valence-corrected chi connectivity index (χ3v) is 6.05. The van der Waals surface area contributed by atoms with Crippen molar-refractivity contribution in [1.29, 1.82) is 0 Å². The lowest BCUT2D eigenvalue weighted by atomic mass is 10.1. The molecule has 0 aliphatic carbocycles. The lowest BCUT2D eigenvalue weighted by molar-refractivity contribution is 0.0525. The number of H-pyrrole nitrogens is 1. The number of nitrogens with zero attached hydrogens (tertiary/aromatic N) is 3. The molecule has 1 aromatic carbocycles. The SMILES string of the molecule is CCOC(=O)c1c(C)[nH]c(C(=O)Nc2ccc(Cl)c(-c3nnc4n3CCCCC4)c2)c1C. The van der Waals surface area contributed by atoms with Crippen LogP contribution in [0, 0.1) is 13.8 Å². The largest absolute Gasteiger partial charge is 0.462 e. The van der Waals surface area contributed by atoms with Crippen LogP contribution in [0.1, 0.15) is 64.1 Å². The number of hydrogen-bond acceptors (Lipinski definition) is 5. The molecule has 0 radical (unpaired) electrons. The highest BCUT2D eigenvalue weighted by atomic mass is 35.5. The molecule has 0 fully saturated rings. The van der Waals surface area contributed by atoms with Crippen LogP contribution < -0.4 is 5.32 Å². The molecule has 1 aliphatic heterocycles. The number of halogens is 1. The molecule has 3 heterocycles. The third kappa shape index (κ3) is 4.14. The van der Waals surface area contributed by atoms with Gasteiger partial charge in [0.25, 0.3) is 5.91 Å². The maximum absolute atomic E-state index is 13.0. The van der Waals surface area contributed by atoms with Crippen LogP contribution >= 0.6 is 11.6 Å². The first kappa shape index (κ1) is 22.1. The van der Waals surface area contributed by atoms with Gasteiger partial charge in [-0.15, -0.1) is 10.2 Å². The van der Waals surface area contributed by atoms with E-state index in [0.717, 1.165) is 43.6 Å². The fourth-order valence-corrected chi connectivity index (χ4v) is 4.34. The Balaban J connectivity index is 1.62. The summed E-state index contributed by atoms with van der Waals surface area (Å²) in [4.78, 5) is 28.2. The fraction of sp³-hybridized carbons (Fsp3) is 0.391. The van der Waals surface area contributed by atoms with Gasteiger partial charge in [-0.3, -0.25) is 4.79 Å². The average Bonchev–Trinajstić information content (AvgIpc) is 3.19. The van der Waals surface area contributed by atoms with Crippen molar-refractivity contribution in [2.45, 2.75) is 53.0 Å². The van der Waals surface area contributed by atoms with Gasteiger partial charge in [-0.05, 0) is 57.4 Å². The predicted molar refractivity (Wildman–Crippen MR) is 122 cm³/mol. The van der Waals surface area contributed by atoms with Crippen molar-refractivity contribution in [3.05, 3.63) is 51.6 Å². The van der Waals surface area contributed by atoms with E-state index < -0.39 is 5.97 Å². The standard InChI is InChI=1S/C23H26ClN5O3/c1-4-32-23(31)19-13(2)20(25-14(19)3)22(30)26-15-9-10-17(24)16(12-15)21-28-27-18-8-6-5-7-11-29(18)21/h9-10,12,25H,4-8,11H2,1-3H3,(H,26,30). The third-order valence-electron chi connectivity index (χ3n) is 5.72. The minimum Gasteiger partial charge on any atom is -0.462 e. The Morgan fingerprint density at radius 2 is 2.03 bits per heavy atom. The monoisotopic (exact) mass is 455 g/mol. The number of hydrogen-bond donors (Lipinski definition) is 2. The molecule has 1 aliphatic rings. The van der Waals surface area contributed by atoms with Gasteiger partial charge in [0.05, 0.1) is 17.2 Å². The Morgan fingerprint density at radius 1 is 1.22 bits per heavy atom. The molecule has 0 saturated heterocycles. The van der Waals surface area contributed by atoms with Crippen molar-refractivity contribution in [3.63, 3.8) is 0 Å². The number of benzene rings is 1. The molecule has 0 unspecified atom stereocenters. The number of carbonyl (C=O) groups is 2. The molecule has 0 spiro atoms. The van der Waals surface area contributed by atoms with E-state index in [4.69, 9.17) is 16.3 Å². The number of ether oxygens (including phenoxy) is 1. The summed E-state index contributed by atoms with van der Waals surface area (Å²) in [6, 6.07) is 5.28. The summed E-state index contributed by atoms with van der Waals surface area (Å²) < 4.78 is 7.22. The molecule has 1 amide bonds. The maximum atomic E-state index is 13.0. The average molecular weight is 456 g/mol. The van der Waals surface area contributed by atoms with Gasteiger partial charge in [-0.1, -0.05) is 18.0 Å². The van der Waals surface area contributed by atoms with E-state index in [1.54, 1.807) is 39.0 Å². The molecular weight excluding hydrogens is 430 g/mol. The molecule has 32 heavy (non-hydrogen) atoms. The molecule has 8 nitrogen and oxygen atoms in total. The number of rotatable bonds is 5. The second-order valence-corrected chi connectivity index (χ2v) is 8.30. The van der Waals surface area contributed by atoms with Gasteiger partial charge in [0.2, 0.25) is 0 Å². The van der Waals surface area contributed by atoms with Crippen molar-refractivity contribution >= 4 is 29.2 Å². The van der Waals surface area contributed by atoms with E-state index in [-0.39, 0.29) is 12.5 Å². The topological polar surface area (TPSA) is 102 Å². The molecule has 4 rings (SSSR count). The van der Waals surface area contributed by atoms with Crippen LogP contribution in [0.5, 0.6) is 0 Å². The molecule has 0 atom stereocenters. The number of esters is 1. The predicted octanol–water partition coefficient (Wildman–Crippen LogP) is 4.70. The number of nitrogens with one attached hydrogen (secondary N) is 2. The summed E-state index contributed by atoms with van der Waals surface area (Å²) in [5.41, 5.74) is 3.14. The molecular formula is C23H26ClN5O3. The highest BCUT2D eigenvalue weighted by molar-refractivity contribution is 6.33. The minimum absolute atomic E-state index is 0.268. The maximum Gasteiger partial charge on any atom is 0.340 e. The Hall–Kier alpha value is -3.13. The highest BCUT2D eigenvalue weighted by Crippen LogP contribution is 2.31. The zero-order chi connectivity index (χ0) is 22.8. The van der Waals surface area contributed by atoms with E-state index in [0.29, 0.717) is 39.0 Å². The van der Waals surface area contributed by atoms with Crippen LogP contribution in [0.2, 0.25) is 5.02 Å². The Bertz CT molecular complexity index is 1180. The minimum atomic E-state index is -0.445. The second kappa shape index (κ2) is 9.16. The molecule has 9 heteroatoms. The van der Waals surface area contributed by atoms with Crippen LogP contribution in [-0.4, -0.2) is 38.2 Å². The van der Waals surface area contributed by atoms with Crippen LogP contribution in [0.3, 0.4) is 0 Å². The first-order chi connectivity index (χ1) is 15.4. The van der Waals surface area contributed by atoms with Crippen LogP contribution in [0.15, 0.2) is 18.2 Å². The van der Waals surface area contributed by atoms with Crippen molar-refractivity contribution in [1.82, 2.24) is 19.7 Å². The van der Waals surface area contributed by atoms with Crippen LogP contribution in [0.25, 0.3) is 11.4 Å². The summed E-state index contributed by atoms with van der Waals surface area (Å²) >= 11 is 6.49.